The van der Waals surface area contributed by atoms with Gasteiger partial charge in [-0.2, -0.15) is 0 Å². The summed E-state index contributed by atoms with van der Waals surface area (Å²) in [5.41, 5.74) is 0.551. The summed E-state index contributed by atoms with van der Waals surface area (Å²) in [5.74, 6) is -0.338. The summed E-state index contributed by atoms with van der Waals surface area (Å²) in [7, 11) is 0. The van der Waals surface area contributed by atoms with Crippen LogP contribution in [0.15, 0.2) is 39.9 Å². The lowest BCUT2D eigenvalue weighted by Gasteiger charge is -2.05. The van der Waals surface area contributed by atoms with E-state index in [9.17, 15) is 9.18 Å². The zero-order valence-electron chi connectivity index (χ0n) is 8.53. The third-order valence-electron chi connectivity index (χ3n) is 2.18. The molecule has 0 aliphatic heterocycles. The largest absolute Gasteiger partial charge is 0.295 e. The van der Waals surface area contributed by atoms with Crippen molar-refractivity contribution in [3.63, 3.8) is 0 Å². The van der Waals surface area contributed by atoms with Crippen molar-refractivity contribution in [2.24, 2.45) is 0 Å². The van der Waals surface area contributed by atoms with Gasteiger partial charge in [-0.15, -0.1) is 0 Å². The molecule has 0 saturated carbocycles. The molecule has 1 aromatic heterocycles. The van der Waals surface area contributed by atoms with Crippen molar-refractivity contribution >= 4 is 27.5 Å². The van der Waals surface area contributed by atoms with Gasteiger partial charge in [0, 0.05) is 6.07 Å². The van der Waals surface area contributed by atoms with Crippen LogP contribution in [-0.4, -0.2) is 9.55 Å². The van der Waals surface area contributed by atoms with Crippen LogP contribution in [0.3, 0.4) is 0 Å². The summed E-state index contributed by atoms with van der Waals surface area (Å²) >= 11 is 8.67. The van der Waals surface area contributed by atoms with Gasteiger partial charge in [0.05, 0.1) is 17.3 Å². The van der Waals surface area contributed by atoms with Gasteiger partial charge in [-0.1, -0.05) is 17.7 Å². The first-order valence-electron chi connectivity index (χ1n) is 4.72. The molecule has 0 amide bonds. The fourth-order valence-electron chi connectivity index (χ4n) is 1.36. The van der Waals surface area contributed by atoms with E-state index < -0.39 is 0 Å². The predicted molar refractivity (Wildman–Crippen MR) is 66.7 cm³/mol. The Morgan fingerprint density at radius 2 is 2.18 bits per heavy atom. The Morgan fingerprint density at radius 3 is 2.82 bits per heavy atom. The van der Waals surface area contributed by atoms with Crippen LogP contribution in [0, 0.1) is 5.82 Å². The summed E-state index contributed by atoms with van der Waals surface area (Å²) in [5, 5.41) is 0.159. The van der Waals surface area contributed by atoms with Crippen LogP contribution in [-0.2, 0) is 6.54 Å². The lowest BCUT2D eigenvalue weighted by Crippen LogP contribution is -2.19. The molecular weight excluding hydrogens is 310 g/mol. The van der Waals surface area contributed by atoms with Crippen molar-refractivity contribution in [1.82, 2.24) is 9.55 Å². The maximum atomic E-state index is 13.0. The zero-order chi connectivity index (χ0) is 12.4. The van der Waals surface area contributed by atoms with Gasteiger partial charge in [0.25, 0.3) is 5.56 Å². The molecule has 0 atom stereocenters. The number of benzene rings is 1. The zero-order valence-corrected chi connectivity index (χ0v) is 10.9. The second-order valence-corrected chi connectivity index (χ2v) is 4.67. The van der Waals surface area contributed by atoms with E-state index in [1.807, 2.05) is 0 Å². The van der Waals surface area contributed by atoms with E-state index in [-0.39, 0.29) is 16.5 Å². The average Bonchev–Trinajstić information content (AvgIpc) is 2.27. The quantitative estimate of drug-likeness (QED) is 0.798. The van der Waals surface area contributed by atoms with Crippen LogP contribution in [0.4, 0.5) is 4.39 Å². The van der Waals surface area contributed by atoms with E-state index in [0.717, 1.165) is 5.56 Å². The van der Waals surface area contributed by atoms with E-state index in [1.165, 1.54) is 23.0 Å². The Bertz CT molecular complexity index is 615. The summed E-state index contributed by atoms with van der Waals surface area (Å²) in [4.78, 5) is 15.4. The smallest absolute Gasteiger partial charge is 0.255 e. The highest BCUT2D eigenvalue weighted by Gasteiger charge is 2.03. The minimum Gasteiger partial charge on any atom is -0.295 e. The monoisotopic (exact) mass is 316 g/mol. The normalized spacial score (nSPS) is 10.5. The Kier molecular flexibility index (Phi) is 3.59. The Morgan fingerprint density at radius 1 is 1.41 bits per heavy atom. The lowest BCUT2D eigenvalue weighted by atomic mass is 10.2. The number of rotatable bonds is 2. The number of hydrogen-bond donors (Lipinski definition) is 0. The maximum absolute atomic E-state index is 13.0. The molecule has 17 heavy (non-hydrogen) atoms. The number of halogens is 3. The van der Waals surface area contributed by atoms with Crippen molar-refractivity contribution in [1.29, 1.82) is 0 Å². The second-order valence-electron chi connectivity index (χ2n) is 3.43. The minimum absolute atomic E-state index is 0.159. The SMILES string of the molecule is O=c1cc(Cl)ncn1Cc1ccc(F)c(Br)c1. The molecule has 2 aromatic rings. The van der Waals surface area contributed by atoms with E-state index >= 15 is 0 Å². The van der Waals surface area contributed by atoms with Crippen LogP contribution in [0.1, 0.15) is 5.56 Å². The maximum Gasteiger partial charge on any atom is 0.255 e. The second kappa shape index (κ2) is 4.98. The van der Waals surface area contributed by atoms with E-state index in [4.69, 9.17) is 11.6 Å². The molecule has 0 saturated heterocycles. The summed E-state index contributed by atoms with van der Waals surface area (Å²) in [6.07, 6.45) is 1.36. The van der Waals surface area contributed by atoms with Crippen molar-refractivity contribution in [3.8, 4) is 0 Å². The lowest BCUT2D eigenvalue weighted by molar-refractivity contribution is 0.619. The van der Waals surface area contributed by atoms with Gasteiger partial charge in [0.1, 0.15) is 11.0 Å². The highest BCUT2D eigenvalue weighted by atomic mass is 79.9. The molecule has 0 fully saturated rings. The van der Waals surface area contributed by atoms with Crippen molar-refractivity contribution in [2.75, 3.05) is 0 Å². The molecular formula is C11H7BrClFN2O. The molecule has 0 unspecified atom stereocenters. The van der Waals surface area contributed by atoms with Gasteiger partial charge in [-0.25, -0.2) is 9.37 Å². The Balaban J connectivity index is 2.31. The van der Waals surface area contributed by atoms with Crippen LogP contribution >= 0.6 is 27.5 Å². The fraction of sp³-hybridized carbons (Fsp3) is 0.0909. The van der Waals surface area contributed by atoms with Gasteiger partial charge >= 0.3 is 0 Å². The first kappa shape index (κ1) is 12.3. The van der Waals surface area contributed by atoms with Gasteiger partial charge in [-0.3, -0.25) is 9.36 Å². The Labute approximate surface area is 110 Å². The van der Waals surface area contributed by atoms with Crippen molar-refractivity contribution in [3.05, 3.63) is 62.0 Å². The molecule has 6 heteroatoms. The van der Waals surface area contributed by atoms with Crippen LogP contribution in [0.2, 0.25) is 5.15 Å². The van der Waals surface area contributed by atoms with Crippen LogP contribution in [0.25, 0.3) is 0 Å². The molecule has 0 spiro atoms. The average molecular weight is 318 g/mol. The fourth-order valence-corrected chi connectivity index (χ4v) is 1.92. The van der Waals surface area contributed by atoms with E-state index in [1.54, 1.807) is 12.1 Å². The molecule has 2 rings (SSSR count). The van der Waals surface area contributed by atoms with Crippen LogP contribution < -0.4 is 5.56 Å². The van der Waals surface area contributed by atoms with Gasteiger partial charge in [0.15, 0.2) is 0 Å². The molecule has 0 aliphatic carbocycles. The third-order valence-corrected chi connectivity index (χ3v) is 3.00. The summed E-state index contributed by atoms with van der Waals surface area (Å²) < 4.78 is 14.8. The predicted octanol–water partition coefficient (Wildman–Crippen LogP) is 2.85. The number of nitrogens with zero attached hydrogens (tertiary/aromatic N) is 2. The molecule has 1 heterocycles. The summed E-state index contributed by atoms with van der Waals surface area (Å²) in [6, 6.07) is 5.81. The highest BCUT2D eigenvalue weighted by molar-refractivity contribution is 9.10. The molecule has 1 aromatic carbocycles. The molecule has 0 N–H and O–H groups in total. The Hall–Kier alpha value is -1.20. The first-order valence-corrected chi connectivity index (χ1v) is 5.89. The number of aromatic nitrogens is 2. The van der Waals surface area contributed by atoms with E-state index in [2.05, 4.69) is 20.9 Å². The topological polar surface area (TPSA) is 34.9 Å². The molecule has 3 nitrogen and oxygen atoms in total. The van der Waals surface area contributed by atoms with E-state index in [0.29, 0.717) is 11.0 Å². The van der Waals surface area contributed by atoms with Crippen LogP contribution in [0.5, 0.6) is 0 Å². The first-order chi connectivity index (χ1) is 8.06. The van der Waals surface area contributed by atoms with Crippen molar-refractivity contribution < 1.29 is 4.39 Å². The number of hydrogen-bond acceptors (Lipinski definition) is 2. The molecule has 88 valence electrons. The molecule has 0 bridgehead atoms. The molecule has 0 radical (unpaired) electrons. The minimum atomic E-state index is -0.338. The summed E-state index contributed by atoms with van der Waals surface area (Å²) in [6.45, 7) is 0.321. The van der Waals surface area contributed by atoms with Crippen molar-refractivity contribution in [2.45, 2.75) is 6.54 Å². The molecule has 0 aliphatic rings. The van der Waals surface area contributed by atoms with Gasteiger partial charge < -0.3 is 0 Å². The highest BCUT2D eigenvalue weighted by Crippen LogP contribution is 2.17. The van der Waals surface area contributed by atoms with Gasteiger partial charge in [0.2, 0.25) is 0 Å². The van der Waals surface area contributed by atoms with Gasteiger partial charge in [-0.05, 0) is 33.6 Å². The third kappa shape index (κ3) is 2.92. The standard InChI is InChI=1S/C11H7BrClFN2O/c12-8-3-7(1-2-9(8)14)5-16-6-15-10(13)4-11(16)17/h1-4,6H,5H2.